The number of rotatable bonds is 6. The van der Waals surface area contributed by atoms with Crippen molar-refractivity contribution in [2.75, 3.05) is 13.2 Å². The van der Waals surface area contributed by atoms with Crippen molar-refractivity contribution >= 4 is 12.1 Å². The second-order valence-corrected chi connectivity index (χ2v) is 3.00. The monoisotopic (exact) mass is 215 g/mol. The molecule has 1 amide bonds. The molecule has 0 fully saturated rings. The van der Waals surface area contributed by atoms with Crippen molar-refractivity contribution in [1.29, 1.82) is 0 Å². The van der Waals surface area contributed by atoms with Gasteiger partial charge in [0, 0.05) is 12.1 Å². The fourth-order valence-electron chi connectivity index (χ4n) is 0.849. The second kappa shape index (κ2) is 7.84. The molecule has 0 atom stereocenters. The fraction of sp³-hybridized carbons (Fsp3) is 0.600. The van der Waals surface area contributed by atoms with E-state index < -0.39 is 12.1 Å². The molecule has 0 bridgehead atoms. The van der Waals surface area contributed by atoms with Crippen molar-refractivity contribution < 1.29 is 19.4 Å². The maximum Gasteiger partial charge on any atom is 0.407 e. The van der Waals surface area contributed by atoms with Gasteiger partial charge in [-0.2, -0.15) is 0 Å². The average molecular weight is 215 g/mol. The SMILES string of the molecule is CCNC(=O)OCCCC=C(C)C(=O)O. The molecule has 0 rings (SSSR count). The molecule has 0 saturated carbocycles. The lowest BCUT2D eigenvalue weighted by atomic mass is 10.2. The standard InChI is InChI=1S/C10H17NO4/c1-3-11-10(14)15-7-5-4-6-8(2)9(12)13/h6H,3-5,7H2,1-2H3,(H,11,14)(H,12,13). The van der Waals surface area contributed by atoms with Crippen LogP contribution in [0.3, 0.4) is 0 Å². The third kappa shape index (κ3) is 7.54. The molecule has 5 heteroatoms. The summed E-state index contributed by atoms with van der Waals surface area (Å²) in [6.07, 6.45) is 2.40. The van der Waals surface area contributed by atoms with E-state index in [2.05, 4.69) is 5.32 Å². The highest BCUT2D eigenvalue weighted by Crippen LogP contribution is 1.98. The zero-order chi connectivity index (χ0) is 11.7. The molecule has 0 spiro atoms. The van der Waals surface area contributed by atoms with E-state index in [0.717, 1.165) is 0 Å². The van der Waals surface area contributed by atoms with Crippen molar-refractivity contribution in [3.05, 3.63) is 11.6 Å². The Morgan fingerprint density at radius 1 is 1.47 bits per heavy atom. The molecule has 0 aromatic carbocycles. The smallest absolute Gasteiger partial charge is 0.407 e. The maximum atomic E-state index is 10.8. The van der Waals surface area contributed by atoms with Crippen molar-refractivity contribution in [3.8, 4) is 0 Å². The maximum absolute atomic E-state index is 10.8. The van der Waals surface area contributed by atoms with Gasteiger partial charge in [0.1, 0.15) is 0 Å². The molecule has 0 unspecified atom stereocenters. The summed E-state index contributed by atoms with van der Waals surface area (Å²) in [6.45, 7) is 4.18. The molecule has 2 N–H and O–H groups in total. The summed E-state index contributed by atoms with van der Waals surface area (Å²) in [4.78, 5) is 21.2. The lowest BCUT2D eigenvalue weighted by Gasteiger charge is -2.03. The van der Waals surface area contributed by atoms with Gasteiger partial charge in [-0.25, -0.2) is 9.59 Å². The number of carboxylic acid groups (broad SMARTS) is 1. The lowest BCUT2D eigenvalue weighted by Crippen LogP contribution is -2.23. The van der Waals surface area contributed by atoms with E-state index in [0.29, 0.717) is 31.6 Å². The van der Waals surface area contributed by atoms with Gasteiger partial charge in [-0.1, -0.05) is 6.08 Å². The van der Waals surface area contributed by atoms with Gasteiger partial charge in [0.25, 0.3) is 0 Å². The van der Waals surface area contributed by atoms with Crippen LogP contribution in [0, 0.1) is 0 Å². The molecule has 0 aromatic heterocycles. The third-order valence-electron chi connectivity index (χ3n) is 1.69. The summed E-state index contributed by atoms with van der Waals surface area (Å²) in [5.41, 5.74) is 0.313. The van der Waals surface area contributed by atoms with Crippen LogP contribution in [-0.4, -0.2) is 30.3 Å². The van der Waals surface area contributed by atoms with Crippen molar-refractivity contribution in [2.45, 2.75) is 26.7 Å². The van der Waals surface area contributed by atoms with Crippen LogP contribution in [0.2, 0.25) is 0 Å². The topological polar surface area (TPSA) is 75.6 Å². The Morgan fingerprint density at radius 2 is 2.13 bits per heavy atom. The number of alkyl carbamates (subject to hydrolysis) is 1. The zero-order valence-corrected chi connectivity index (χ0v) is 9.08. The Hall–Kier alpha value is -1.52. The first kappa shape index (κ1) is 13.5. The van der Waals surface area contributed by atoms with Gasteiger partial charge < -0.3 is 15.2 Å². The van der Waals surface area contributed by atoms with Crippen LogP contribution in [0.5, 0.6) is 0 Å². The van der Waals surface area contributed by atoms with Crippen LogP contribution in [0.1, 0.15) is 26.7 Å². The van der Waals surface area contributed by atoms with Crippen LogP contribution >= 0.6 is 0 Å². The quantitative estimate of drug-likeness (QED) is 0.520. The lowest BCUT2D eigenvalue weighted by molar-refractivity contribution is -0.132. The normalized spacial score (nSPS) is 10.9. The fourth-order valence-corrected chi connectivity index (χ4v) is 0.849. The van der Waals surface area contributed by atoms with Crippen LogP contribution in [-0.2, 0) is 9.53 Å². The van der Waals surface area contributed by atoms with Gasteiger partial charge in [0.05, 0.1) is 6.61 Å². The van der Waals surface area contributed by atoms with Gasteiger partial charge >= 0.3 is 12.1 Å². The number of ether oxygens (including phenoxy) is 1. The number of carbonyl (C=O) groups is 2. The first-order valence-corrected chi connectivity index (χ1v) is 4.88. The highest BCUT2D eigenvalue weighted by molar-refractivity contribution is 5.85. The zero-order valence-electron chi connectivity index (χ0n) is 9.08. The number of hydrogen-bond acceptors (Lipinski definition) is 3. The largest absolute Gasteiger partial charge is 0.478 e. The summed E-state index contributed by atoms with van der Waals surface area (Å²) in [5, 5.41) is 11.0. The van der Waals surface area contributed by atoms with Crippen LogP contribution in [0.4, 0.5) is 4.79 Å². The Bertz CT molecular complexity index is 248. The molecule has 0 aliphatic heterocycles. The summed E-state index contributed by atoms with van der Waals surface area (Å²) < 4.78 is 4.80. The summed E-state index contributed by atoms with van der Waals surface area (Å²) in [5.74, 6) is -0.917. The molecule has 0 radical (unpaired) electrons. The molecule has 0 heterocycles. The Kier molecular flexibility index (Phi) is 7.05. The first-order valence-electron chi connectivity index (χ1n) is 4.88. The molecular formula is C10H17NO4. The van der Waals surface area contributed by atoms with E-state index in [-0.39, 0.29) is 0 Å². The van der Waals surface area contributed by atoms with Gasteiger partial charge in [0.2, 0.25) is 0 Å². The number of nitrogens with one attached hydrogen (secondary N) is 1. The molecule has 0 aliphatic carbocycles. The van der Waals surface area contributed by atoms with Gasteiger partial charge in [-0.05, 0) is 26.7 Å². The summed E-state index contributed by atoms with van der Waals surface area (Å²) >= 11 is 0. The van der Waals surface area contributed by atoms with E-state index >= 15 is 0 Å². The number of carboxylic acids is 1. The summed E-state index contributed by atoms with van der Waals surface area (Å²) in [6, 6.07) is 0. The minimum absolute atomic E-state index is 0.301. The van der Waals surface area contributed by atoms with Crippen molar-refractivity contribution in [2.24, 2.45) is 0 Å². The van der Waals surface area contributed by atoms with E-state index in [1.54, 1.807) is 13.0 Å². The molecular weight excluding hydrogens is 198 g/mol. The molecule has 0 saturated heterocycles. The minimum Gasteiger partial charge on any atom is -0.478 e. The van der Waals surface area contributed by atoms with E-state index in [4.69, 9.17) is 9.84 Å². The first-order chi connectivity index (χ1) is 7.07. The van der Waals surface area contributed by atoms with Crippen LogP contribution in [0.15, 0.2) is 11.6 Å². The van der Waals surface area contributed by atoms with Gasteiger partial charge in [-0.15, -0.1) is 0 Å². The minimum atomic E-state index is -0.917. The number of allylic oxidation sites excluding steroid dienone is 1. The second-order valence-electron chi connectivity index (χ2n) is 3.00. The summed E-state index contributed by atoms with van der Waals surface area (Å²) in [7, 11) is 0. The predicted molar refractivity (Wildman–Crippen MR) is 55.7 cm³/mol. The van der Waals surface area contributed by atoms with E-state index in [9.17, 15) is 9.59 Å². The predicted octanol–water partition coefficient (Wildman–Crippen LogP) is 1.54. The third-order valence-corrected chi connectivity index (χ3v) is 1.69. The number of amides is 1. The Balaban J connectivity index is 3.51. The molecule has 86 valence electrons. The highest BCUT2D eigenvalue weighted by Gasteiger charge is 1.99. The molecule has 5 nitrogen and oxygen atoms in total. The van der Waals surface area contributed by atoms with E-state index in [1.165, 1.54) is 6.92 Å². The van der Waals surface area contributed by atoms with Crippen LogP contribution < -0.4 is 5.32 Å². The van der Waals surface area contributed by atoms with Crippen LogP contribution in [0.25, 0.3) is 0 Å². The number of carbonyl (C=O) groups excluding carboxylic acids is 1. The number of unbranched alkanes of at least 4 members (excludes halogenated alkanes) is 1. The van der Waals surface area contributed by atoms with Gasteiger partial charge in [-0.3, -0.25) is 0 Å². The Labute approximate surface area is 89.1 Å². The highest BCUT2D eigenvalue weighted by atomic mass is 16.5. The van der Waals surface area contributed by atoms with E-state index in [1.807, 2.05) is 0 Å². The van der Waals surface area contributed by atoms with Crippen molar-refractivity contribution in [1.82, 2.24) is 5.32 Å². The van der Waals surface area contributed by atoms with Gasteiger partial charge in [0.15, 0.2) is 0 Å². The number of aliphatic carboxylic acids is 1. The number of hydrogen-bond donors (Lipinski definition) is 2. The Morgan fingerprint density at radius 3 is 2.67 bits per heavy atom. The molecule has 0 aliphatic rings. The average Bonchev–Trinajstić information content (AvgIpc) is 2.17. The molecule has 15 heavy (non-hydrogen) atoms. The van der Waals surface area contributed by atoms with Crippen molar-refractivity contribution in [3.63, 3.8) is 0 Å². The molecule has 0 aromatic rings.